The summed E-state index contributed by atoms with van der Waals surface area (Å²) >= 11 is 2.89. The summed E-state index contributed by atoms with van der Waals surface area (Å²) in [6, 6.07) is 0. The third-order valence-corrected chi connectivity index (χ3v) is 0. The summed E-state index contributed by atoms with van der Waals surface area (Å²) in [4.78, 5) is 0. The Morgan fingerprint density at radius 2 is 2.25 bits per heavy atom. The second kappa shape index (κ2) is 30.4. The molecular weight excluding hydrogens is 221 g/mol. The Balaban J connectivity index is 0. The van der Waals surface area contributed by atoms with Gasteiger partial charge in [0.05, 0.1) is 0 Å². The largest absolute Gasteiger partial charge is 0.463 e. The number of hydrogen-bond donors (Lipinski definition) is 0. The molecule has 0 bridgehead atoms. The predicted octanol–water partition coefficient (Wildman–Crippen LogP) is 1.36. The molecule has 0 N–H and O–H groups in total. The van der Waals surface area contributed by atoms with Crippen molar-refractivity contribution in [1.29, 1.82) is 0.954 Å². The SMILES string of the molecule is [2H][Cu][I].[CH2-]F. The maximum absolute atomic E-state index is 9.25. The first-order chi connectivity index (χ1) is 2.41. The van der Waals surface area contributed by atoms with E-state index in [0.29, 0.717) is 0 Å². The van der Waals surface area contributed by atoms with E-state index in [9.17, 15) is 4.39 Å². The van der Waals surface area contributed by atoms with Gasteiger partial charge in [-0.3, -0.25) is 0 Å². The van der Waals surface area contributed by atoms with E-state index in [1.165, 1.54) is 0 Å². The fraction of sp³-hybridized carbons (Fsp3) is 0. The molecule has 0 unspecified atom stereocenters. The first-order valence-electron chi connectivity index (χ1n) is 0.683. The fourth-order valence-electron chi connectivity index (χ4n) is 0. The van der Waals surface area contributed by atoms with Crippen molar-refractivity contribution in [2.45, 2.75) is 0 Å². The van der Waals surface area contributed by atoms with Gasteiger partial charge in [-0.25, -0.2) is 0 Å². The van der Waals surface area contributed by atoms with E-state index in [4.69, 9.17) is 0.954 Å². The van der Waals surface area contributed by atoms with Crippen LogP contribution in [-0.4, -0.2) is 0.954 Å². The van der Waals surface area contributed by atoms with Crippen LogP contribution in [0.1, 0.15) is 0 Å². The van der Waals surface area contributed by atoms with Crippen molar-refractivity contribution in [3.63, 3.8) is 0 Å². The van der Waals surface area contributed by atoms with Crippen molar-refractivity contribution in [2.75, 3.05) is 0 Å². The second-order valence-electron chi connectivity index (χ2n) is 0. The molecule has 0 aromatic carbocycles. The van der Waals surface area contributed by atoms with Crippen LogP contribution >= 0.6 is 20.3 Å². The molecule has 0 spiro atoms. The second-order valence-corrected chi connectivity index (χ2v) is 0. The van der Waals surface area contributed by atoms with E-state index in [1.54, 1.807) is 7.18 Å². The molecule has 0 aromatic rings. The smallest absolute Gasteiger partial charge is 0.183 e. The van der Waals surface area contributed by atoms with Gasteiger partial charge in [0.1, 0.15) is 0 Å². The normalized spacial score (nSPS) is 7.25. The molecular formula is CH3CuFI-. The summed E-state index contributed by atoms with van der Waals surface area (Å²) < 4.78 is 15.4. The predicted molar refractivity (Wildman–Crippen MR) is 21.9 cm³/mol. The van der Waals surface area contributed by atoms with E-state index >= 15 is 0 Å². The standard InChI is InChI=1S/CH2F.Cu.HI.H/c1-2;;;/h1H2;;1H;/q-1;+1;;/p-1/i;;;1+1. The van der Waals surface area contributed by atoms with Gasteiger partial charge in [0.25, 0.3) is 0 Å². The zero-order chi connectivity index (χ0) is 4.71. The van der Waals surface area contributed by atoms with Crippen LogP contribution in [0.4, 0.5) is 4.39 Å². The van der Waals surface area contributed by atoms with Gasteiger partial charge in [-0.05, 0) is 0 Å². The summed E-state index contributed by atoms with van der Waals surface area (Å²) in [7, 11) is 1.75. The Kier molecular flexibility index (Phi) is 39.3. The van der Waals surface area contributed by atoms with Gasteiger partial charge < -0.3 is 4.39 Å². The Morgan fingerprint density at radius 3 is 2.25 bits per heavy atom. The summed E-state index contributed by atoms with van der Waals surface area (Å²) in [5.41, 5.74) is 0. The third-order valence-electron chi connectivity index (χ3n) is 0. The van der Waals surface area contributed by atoms with Gasteiger partial charge in [0.2, 0.25) is 0 Å². The van der Waals surface area contributed by atoms with Gasteiger partial charge >= 0.3 is 33.9 Å². The molecule has 0 aromatic heterocycles. The maximum atomic E-state index is 9.25. The monoisotopic (exact) mass is 225 g/mol. The fourth-order valence-corrected chi connectivity index (χ4v) is 0. The zero-order valence-electron chi connectivity index (χ0n) is 2.76. The number of rotatable bonds is 0. The molecule has 0 atom stereocenters. The average molecular weight is 225 g/mol. The number of halogens is 2. The van der Waals surface area contributed by atoms with Gasteiger partial charge in [-0.1, -0.05) is 0 Å². The van der Waals surface area contributed by atoms with Crippen molar-refractivity contribution in [2.24, 2.45) is 0 Å². The Hall–Kier alpha value is 1.18. The summed E-state index contributed by atoms with van der Waals surface area (Å²) in [6.45, 7) is 0. The van der Waals surface area contributed by atoms with Crippen LogP contribution < -0.4 is 0 Å². The van der Waals surface area contributed by atoms with Crippen LogP contribution in [0.2, 0.25) is 0 Å². The third kappa shape index (κ3) is 10.9. The molecule has 3 heteroatoms. The van der Waals surface area contributed by atoms with Gasteiger partial charge in [-0.2, -0.15) is 7.18 Å². The minimum absolute atomic E-state index is 1.03. The molecule has 0 radical (unpaired) electrons. The molecule has 0 amide bonds. The quantitative estimate of drug-likeness (QED) is 0.332. The van der Waals surface area contributed by atoms with Gasteiger partial charge in [0, 0.05) is 0 Å². The van der Waals surface area contributed by atoms with E-state index in [0.717, 1.165) is 12.6 Å². The molecule has 33 valence electrons. The van der Waals surface area contributed by atoms with Crippen LogP contribution in [0.5, 0.6) is 0 Å². The molecule has 0 rings (SSSR count). The van der Waals surface area contributed by atoms with Gasteiger partial charge in [-0.15, -0.1) is 0 Å². The van der Waals surface area contributed by atoms with Crippen molar-refractivity contribution >= 4 is 20.3 Å². The van der Waals surface area contributed by atoms with E-state index in [2.05, 4.69) is 0 Å². The molecule has 0 saturated carbocycles. The first kappa shape index (κ1) is 5.18. The van der Waals surface area contributed by atoms with Crippen LogP contribution in [0.15, 0.2) is 0 Å². The zero-order valence-corrected chi connectivity index (χ0v) is 4.86. The Labute approximate surface area is 45.6 Å². The van der Waals surface area contributed by atoms with Crippen LogP contribution in [0.25, 0.3) is 0 Å². The average Bonchev–Trinajstić information content (AvgIpc) is 1.46. The van der Waals surface area contributed by atoms with Crippen molar-refractivity contribution in [1.82, 2.24) is 0 Å². The van der Waals surface area contributed by atoms with Gasteiger partial charge in [0.15, 0.2) is 0 Å². The summed E-state index contributed by atoms with van der Waals surface area (Å²) in [6.07, 6.45) is 0. The molecule has 0 aliphatic rings. The van der Waals surface area contributed by atoms with E-state index < -0.39 is 0 Å². The van der Waals surface area contributed by atoms with E-state index in [1.807, 2.05) is 20.3 Å². The van der Waals surface area contributed by atoms with Crippen molar-refractivity contribution < 1.29 is 17.0 Å². The Bertz CT molecular complexity index is 11.6. The molecule has 0 saturated heterocycles. The summed E-state index contributed by atoms with van der Waals surface area (Å²) in [5.74, 6) is 0. The summed E-state index contributed by atoms with van der Waals surface area (Å²) in [5, 5.41) is 0. The van der Waals surface area contributed by atoms with Crippen LogP contribution in [-0.2, 0) is 12.6 Å². The Morgan fingerprint density at radius 1 is 2.25 bits per heavy atom. The number of hydrogen-bond acceptors (Lipinski definition) is 0. The van der Waals surface area contributed by atoms with Crippen LogP contribution in [0, 0.1) is 7.18 Å². The topological polar surface area (TPSA) is 0 Å². The molecule has 0 aliphatic carbocycles. The minimum atomic E-state index is 1.03. The molecule has 0 nitrogen and oxygen atoms in total. The van der Waals surface area contributed by atoms with E-state index in [-0.39, 0.29) is 0 Å². The van der Waals surface area contributed by atoms with Crippen molar-refractivity contribution in [3.05, 3.63) is 7.18 Å². The van der Waals surface area contributed by atoms with Crippen LogP contribution in [0.3, 0.4) is 0 Å². The minimum Gasteiger partial charge on any atom is -0.463 e. The first-order valence-corrected chi connectivity index (χ1v) is 3.42. The molecule has 0 heterocycles. The molecule has 0 fully saturated rings. The maximum Gasteiger partial charge on any atom is -0.183 e. The molecule has 0 aliphatic heterocycles. The molecule has 4 heavy (non-hydrogen) atoms. The van der Waals surface area contributed by atoms with Crippen molar-refractivity contribution in [3.8, 4) is 0 Å².